The fraction of sp³-hybridized carbons (Fsp3) is 0.917. The normalized spacial score (nSPS) is 14.2. The van der Waals surface area contributed by atoms with Crippen LogP contribution in [0.1, 0.15) is 187 Å². The van der Waals surface area contributed by atoms with Crippen LogP contribution in [0.2, 0.25) is 0 Å². The van der Waals surface area contributed by atoms with Gasteiger partial charge in [-0.2, -0.15) is 8.42 Å². The summed E-state index contributed by atoms with van der Waals surface area (Å²) in [6, 6.07) is -1.15. The molecule has 0 fully saturated rings. The maximum atomic E-state index is 12.5. The number of hydrogen-bond donors (Lipinski definition) is 4. The third-order valence-corrected chi connectivity index (χ3v) is 9.36. The minimum Gasteiger partial charge on any atom is -0.391 e. The molecule has 0 bridgehead atoms. The molecule has 3 atom stereocenters. The van der Waals surface area contributed by atoms with Crippen molar-refractivity contribution in [2.75, 3.05) is 5.75 Å². The maximum absolute atomic E-state index is 12.5. The van der Waals surface area contributed by atoms with Gasteiger partial charge in [-0.25, -0.2) is 0 Å². The van der Waals surface area contributed by atoms with E-state index in [-0.39, 0.29) is 6.42 Å². The average molecular weight is 646 g/mol. The molecular weight excluding hydrogens is 574 g/mol. The van der Waals surface area contributed by atoms with Crippen molar-refractivity contribution in [1.82, 2.24) is 5.32 Å². The Morgan fingerprint density at radius 2 is 0.977 bits per heavy atom. The summed E-state index contributed by atoms with van der Waals surface area (Å²) >= 11 is 0. The summed E-state index contributed by atoms with van der Waals surface area (Å²) in [5.41, 5.74) is 0. The third-order valence-electron chi connectivity index (χ3n) is 8.58. The molecule has 0 aliphatic rings. The monoisotopic (exact) mass is 646 g/mol. The largest absolute Gasteiger partial charge is 0.391 e. The summed E-state index contributed by atoms with van der Waals surface area (Å²) in [4.78, 5) is 12.5. The van der Waals surface area contributed by atoms with E-state index < -0.39 is 40.0 Å². The van der Waals surface area contributed by atoms with Gasteiger partial charge in [-0.3, -0.25) is 9.35 Å². The van der Waals surface area contributed by atoms with Crippen LogP contribution >= 0.6 is 0 Å². The van der Waals surface area contributed by atoms with Crippen LogP contribution in [0.3, 0.4) is 0 Å². The van der Waals surface area contributed by atoms with E-state index in [1.807, 2.05) is 0 Å². The Morgan fingerprint density at radius 3 is 1.43 bits per heavy atom. The molecule has 0 saturated carbocycles. The first-order valence-corrected chi connectivity index (χ1v) is 20.1. The van der Waals surface area contributed by atoms with Crippen molar-refractivity contribution in [1.29, 1.82) is 0 Å². The number of allylic oxidation sites excluding steroid dienone is 2. The van der Waals surface area contributed by atoms with E-state index in [9.17, 15) is 28.0 Å². The van der Waals surface area contributed by atoms with Gasteiger partial charge in [0.05, 0.1) is 17.9 Å². The zero-order chi connectivity index (χ0) is 32.7. The van der Waals surface area contributed by atoms with Gasteiger partial charge >= 0.3 is 0 Å². The Morgan fingerprint density at radius 1 is 0.591 bits per heavy atom. The highest BCUT2D eigenvalue weighted by Crippen LogP contribution is 2.16. The number of aliphatic hydroxyl groups is 2. The number of carbonyl (C=O) groups is 1. The second-order valence-electron chi connectivity index (χ2n) is 13.0. The molecule has 0 aliphatic heterocycles. The SMILES string of the molecule is CCCC/C=C\CCCCCCC(O)C(=O)NC(CS(=O)(=O)O)C(O)CCCCCCCCCCCCCCCCCCC. The van der Waals surface area contributed by atoms with Gasteiger partial charge in [0, 0.05) is 0 Å². The minimum atomic E-state index is -4.40. The van der Waals surface area contributed by atoms with Gasteiger partial charge in [0.2, 0.25) is 5.91 Å². The van der Waals surface area contributed by atoms with Crippen LogP contribution in [-0.2, 0) is 14.9 Å². The molecule has 0 heterocycles. The number of hydrogen-bond acceptors (Lipinski definition) is 5. The first-order valence-electron chi connectivity index (χ1n) is 18.5. The Labute approximate surface area is 272 Å². The molecule has 4 N–H and O–H groups in total. The van der Waals surface area contributed by atoms with Crippen molar-refractivity contribution in [3.8, 4) is 0 Å². The summed E-state index contributed by atoms with van der Waals surface area (Å²) in [7, 11) is -4.40. The molecule has 7 nitrogen and oxygen atoms in total. The van der Waals surface area contributed by atoms with Crippen LogP contribution in [0.5, 0.6) is 0 Å². The summed E-state index contributed by atoms with van der Waals surface area (Å²) in [6.45, 7) is 4.44. The minimum absolute atomic E-state index is 0.284. The quantitative estimate of drug-likeness (QED) is 0.0320. The van der Waals surface area contributed by atoms with Gasteiger partial charge in [-0.05, 0) is 32.1 Å². The third kappa shape index (κ3) is 29.7. The number of unbranched alkanes of at least 4 members (excludes halogenated alkanes) is 22. The number of nitrogens with one attached hydrogen (secondary N) is 1. The molecule has 0 aromatic carbocycles. The predicted molar refractivity (Wildman–Crippen MR) is 186 cm³/mol. The van der Waals surface area contributed by atoms with Gasteiger partial charge < -0.3 is 15.5 Å². The zero-order valence-corrected chi connectivity index (χ0v) is 29.5. The fourth-order valence-corrected chi connectivity index (χ4v) is 6.44. The van der Waals surface area contributed by atoms with Crippen LogP contribution in [0.15, 0.2) is 12.2 Å². The summed E-state index contributed by atoms with van der Waals surface area (Å²) in [5, 5.41) is 23.4. The number of rotatable bonds is 33. The summed E-state index contributed by atoms with van der Waals surface area (Å²) in [5.74, 6) is -1.46. The highest BCUT2D eigenvalue weighted by molar-refractivity contribution is 7.85. The maximum Gasteiger partial charge on any atom is 0.266 e. The summed E-state index contributed by atoms with van der Waals surface area (Å²) < 4.78 is 32.4. The molecule has 0 aliphatic carbocycles. The zero-order valence-electron chi connectivity index (χ0n) is 28.7. The number of amides is 1. The Kier molecular flexibility index (Phi) is 30.0. The van der Waals surface area contributed by atoms with E-state index >= 15 is 0 Å². The van der Waals surface area contributed by atoms with Crippen LogP contribution in [0, 0.1) is 0 Å². The topological polar surface area (TPSA) is 124 Å². The van der Waals surface area contributed by atoms with Crippen LogP contribution < -0.4 is 5.32 Å². The van der Waals surface area contributed by atoms with Gasteiger partial charge in [-0.1, -0.05) is 167 Å². The molecule has 0 aromatic rings. The van der Waals surface area contributed by atoms with E-state index in [1.165, 1.54) is 96.3 Å². The molecule has 8 heteroatoms. The van der Waals surface area contributed by atoms with E-state index in [0.717, 1.165) is 51.4 Å². The van der Waals surface area contributed by atoms with Crippen molar-refractivity contribution in [2.24, 2.45) is 0 Å². The first kappa shape index (κ1) is 43.0. The fourth-order valence-electron chi connectivity index (χ4n) is 5.68. The Bertz CT molecular complexity index is 773. The van der Waals surface area contributed by atoms with E-state index in [4.69, 9.17) is 0 Å². The van der Waals surface area contributed by atoms with Crippen LogP contribution in [0.4, 0.5) is 0 Å². The van der Waals surface area contributed by atoms with Gasteiger partial charge in [0.15, 0.2) is 0 Å². The second kappa shape index (κ2) is 30.7. The van der Waals surface area contributed by atoms with Crippen molar-refractivity contribution in [2.45, 2.75) is 205 Å². The molecule has 0 rings (SSSR count). The van der Waals surface area contributed by atoms with Crippen LogP contribution in [0.25, 0.3) is 0 Å². The van der Waals surface area contributed by atoms with E-state index in [0.29, 0.717) is 19.3 Å². The molecule has 1 amide bonds. The molecule has 0 radical (unpaired) electrons. The van der Waals surface area contributed by atoms with E-state index in [2.05, 4.69) is 31.3 Å². The van der Waals surface area contributed by atoms with Gasteiger partial charge in [0.25, 0.3) is 10.1 Å². The number of aliphatic hydroxyl groups excluding tert-OH is 2. The molecule has 262 valence electrons. The van der Waals surface area contributed by atoms with Crippen molar-refractivity contribution in [3.63, 3.8) is 0 Å². The van der Waals surface area contributed by atoms with Crippen molar-refractivity contribution >= 4 is 16.0 Å². The second-order valence-corrected chi connectivity index (χ2v) is 14.5. The number of carbonyl (C=O) groups excluding carboxylic acids is 1. The van der Waals surface area contributed by atoms with E-state index in [1.54, 1.807) is 0 Å². The average Bonchev–Trinajstić information content (AvgIpc) is 2.98. The lowest BCUT2D eigenvalue weighted by Crippen LogP contribution is -2.50. The highest BCUT2D eigenvalue weighted by atomic mass is 32.2. The standard InChI is InChI=1S/C36H71NO6S/c1-3-5-7-9-11-13-15-16-17-18-19-20-21-23-24-26-28-30-34(38)33(32-44(41,42)43)37-36(40)35(39)31-29-27-25-22-14-12-10-8-6-4-2/h10,12,33-35,38-39H,3-9,11,13-32H2,1-2H3,(H,37,40)(H,41,42,43)/b12-10-. The van der Waals surface area contributed by atoms with Crippen molar-refractivity contribution < 1.29 is 28.0 Å². The molecule has 44 heavy (non-hydrogen) atoms. The smallest absolute Gasteiger partial charge is 0.266 e. The molecule has 0 spiro atoms. The lowest BCUT2D eigenvalue weighted by atomic mass is 10.0. The van der Waals surface area contributed by atoms with Gasteiger partial charge in [0.1, 0.15) is 6.10 Å². The highest BCUT2D eigenvalue weighted by Gasteiger charge is 2.28. The van der Waals surface area contributed by atoms with Crippen LogP contribution in [-0.4, -0.2) is 53.1 Å². The molecule has 0 saturated heterocycles. The molecule has 3 unspecified atom stereocenters. The molecular formula is C36H71NO6S. The summed E-state index contributed by atoms with van der Waals surface area (Å²) in [6.07, 6.45) is 32.3. The van der Waals surface area contributed by atoms with Gasteiger partial charge in [-0.15, -0.1) is 0 Å². The van der Waals surface area contributed by atoms with Crippen molar-refractivity contribution in [3.05, 3.63) is 12.2 Å². The molecule has 0 aromatic heterocycles. The Hall–Kier alpha value is -0.960. The lowest BCUT2D eigenvalue weighted by molar-refractivity contribution is -0.131. The predicted octanol–water partition coefficient (Wildman–Crippen LogP) is 9.21. The lowest BCUT2D eigenvalue weighted by Gasteiger charge is -2.24. The Balaban J connectivity index is 4.01. The first-order chi connectivity index (χ1) is 21.2.